The van der Waals surface area contributed by atoms with E-state index in [1.54, 1.807) is 6.92 Å². The van der Waals surface area contributed by atoms with Crippen molar-refractivity contribution >= 4 is 29.8 Å². The van der Waals surface area contributed by atoms with E-state index >= 15 is 0 Å². The molecule has 1 fully saturated rings. The molecule has 12 nitrogen and oxygen atoms in total. The first-order valence-electron chi connectivity index (χ1n) is 24.0. The third kappa shape index (κ3) is 31.5. The predicted octanol–water partition coefficient (Wildman–Crippen LogP) is 11.4. The molecule has 362 valence electrons. The molecule has 0 N–H and O–H groups in total. The largest absolute Gasteiger partial charge is 0.463 e. The van der Waals surface area contributed by atoms with Gasteiger partial charge in [-0.25, -0.2) is 0 Å². The Kier molecular flexibility index (Phi) is 35.3. The fraction of sp³-hybridized carbons (Fsp3) is 0.673. The second-order valence-corrected chi connectivity index (χ2v) is 16.2. The summed E-state index contributed by atoms with van der Waals surface area (Å²) in [5, 5.41) is 0. The molecule has 64 heavy (non-hydrogen) atoms. The molecule has 0 aromatic rings. The second-order valence-electron chi connectivity index (χ2n) is 16.2. The monoisotopic (exact) mass is 899 g/mol. The summed E-state index contributed by atoms with van der Waals surface area (Å²) in [5.41, 5.74) is 0. The molecule has 1 saturated heterocycles. The maximum atomic E-state index is 13.1. The number of unbranched alkanes of at least 4 members (excludes halogenated alkanes) is 10. The maximum absolute atomic E-state index is 13.1. The standard InChI is InChI=1S/C52H82O12/c1-7-9-11-13-15-17-19-21-23-25-27-29-31-33-35-37-48(56)59-39-46(63-49(57)38-36-34-32-30-28-26-24-22-20-18-16-14-12-10-8-2)40-60-52-51(62-45(6)55)50(61-44(5)54)42(3)47(64-52)41-58-43(4)53/h15-18,21-24,27-30,42,46-47,50-52H,7-14,19-20,25-26,31-41H2,1-6H3/b17-15-,18-16-,23-21-,24-22-,29-27-,30-28-/t42-,46+,47+,50-,51+,52+/m0/s1. The first-order valence-corrected chi connectivity index (χ1v) is 24.0. The number of ether oxygens (including phenoxy) is 7. The Morgan fingerprint density at radius 2 is 0.953 bits per heavy atom. The molecule has 0 saturated carbocycles. The summed E-state index contributed by atoms with van der Waals surface area (Å²) < 4.78 is 39.8. The Labute approximate surface area is 385 Å². The zero-order chi connectivity index (χ0) is 47.0. The van der Waals surface area contributed by atoms with Gasteiger partial charge in [-0.2, -0.15) is 0 Å². The minimum Gasteiger partial charge on any atom is -0.463 e. The molecular formula is C52H82O12. The van der Waals surface area contributed by atoms with Gasteiger partial charge in [0.2, 0.25) is 0 Å². The van der Waals surface area contributed by atoms with Gasteiger partial charge in [-0.3, -0.25) is 24.0 Å². The van der Waals surface area contributed by atoms with Gasteiger partial charge in [0.15, 0.2) is 18.5 Å². The third-order valence-electron chi connectivity index (χ3n) is 10.3. The Morgan fingerprint density at radius 1 is 0.516 bits per heavy atom. The van der Waals surface area contributed by atoms with Gasteiger partial charge in [-0.05, 0) is 89.9 Å². The summed E-state index contributed by atoms with van der Waals surface area (Å²) in [5.74, 6) is -3.32. The number of rotatable bonds is 36. The van der Waals surface area contributed by atoms with E-state index in [4.69, 9.17) is 33.2 Å². The van der Waals surface area contributed by atoms with Crippen LogP contribution in [0.5, 0.6) is 0 Å². The summed E-state index contributed by atoms with van der Waals surface area (Å²) in [6.45, 7) is 9.06. The molecule has 1 aliphatic heterocycles. The molecule has 0 bridgehead atoms. The fourth-order valence-electron chi connectivity index (χ4n) is 6.71. The van der Waals surface area contributed by atoms with E-state index < -0.39 is 66.5 Å². The normalized spacial score (nSPS) is 19.6. The highest BCUT2D eigenvalue weighted by molar-refractivity contribution is 5.70. The molecule has 0 spiro atoms. The van der Waals surface area contributed by atoms with Gasteiger partial charge in [-0.1, -0.05) is 119 Å². The van der Waals surface area contributed by atoms with Crippen LogP contribution in [0, 0.1) is 5.92 Å². The molecule has 1 heterocycles. The Bertz CT molecular complexity index is 1460. The van der Waals surface area contributed by atoms with Crippen molar-refractivity contribution in [2.24, 2.45) is 5.92 Å². The maximum Gasteiger partial charge on any atom is 0.306 e. The number of hydrogen-bond acceptors (Lipinski definition) is 12. The van der Waals surface area contributed by atoms with Crippen LogP contribution in [-0.4, -0.2) is 80.4 Å². The summed E-state index contributed by atoms with van der Waals surface area (Å²) in [4.78, 5) is 61.8. The highest BCUT2D eigenvalue weighted by atomic mass is 16.7. The van der Waals surface area contributed by atoms with Crippen molar-refractivity contribution in [3.8, 4) is 0 Å². The molecule has 1 rings (SSSR count). The molecular weight excluding hydrogens is 817 g/mol. The van der Waals surface area contributed by atoms with Crippen molar-refractivity contribution in [3.63, 3.8) is 0 Å². The third-order valence-corrected chi connectivity index (χ3v) is 10.3. The highest BCUT2D eigenvalue weighted by Gasteiger charge is 2.49. The first kappa shape index (κ1) is 57.7. The van der Waals surface area contributed by atoms with E-state index in [-0.39, 0.29) is 32.7 Å². The minimum absolute atomic E-state index is 0.148. The lowest BCUT2D eigenvalue weighted by atomic mass is 9.90. The van der Waals surface area contributed by atoms with Crippen molar-refractivity contribution in [1.82, 2.24) is 0 Å². The minimum atomic E-state index is -1.31. The van der Waals surface area contributed by atoms with Gasteiger partial charge in [0, 0.05) is 39.5 Å². The lowest BCUT2D eigenvalue weighted by molar-refractivity contribution is -0.299. The Morgan fingerprint density at radius 3 is 1.41 bits per heavy atom. The van der Waals surface area contributed by atoms with Crippen LogP contribution in [0.4, 0.5) is 0 Å². The SMILES string of the molecule is CCCCC/C=C\C/C=C\C/C=C\CCCCC(=O)OC[C@H](CO[C@@H]1O[C@H](COC(C)=O)[C@H](C)[C@H](OC(C)=O)[C@H]1OC(C)=O)OC(=O)CCCC/C=C\C/C=C\C/C=C\CCCCC. The molecule has 0 aromatic heterocycles. The van der Waals surface area contributed by atoms with Gasteiger partial charge < -0.3 is 33.2 Å². The van der Waals surface area contributed by atoms with E-state index in [1.165, 1.54) is 59.3 Å². The molecule has 0 unspecified atom stereocenters. The smallest absolute Gasteiger partial charge is 0.306 e. The van der Waals surface area contributed by atoms with Crippen LogP contribution in [0.25, 0.3) is 0 Å². The zero-order valence-electron chi connectivity index (χ0n) is 40.1. The van der Waals surface area contributed by atoms with Crippen LogP contribution >= 0.6 is 0 Å². The molecule has 6 atom stereocenters. The van der Waals surface area contributed by atoms with Crippen LogP contribution in [0.1, 0.15) is 170 Å². The quantitative estimate of drug-likeness (QED) is 0.0255. The van der Waals surface area contributed by atoms with Crippen molar-refractivity contribution < 1.29 is 57.1 Å². The van der Waals surface area contributed by atoms with E-state index in [0.29, 0.717) is 12.8 Å². The molecule has 0 amide bonds. The second kappa shape index (κ2) is 39.1. The van der Waals surface area contributed by atoms with E-state index in [1.807, 2.05) is 0 Å². The first-order chi connectivity index (χ1) is 31.0. The van der Waals surface area contributed by atoms with Crippen LogP contribution in [0.2, 0.25) is 0 Å². The number of hydrogen-bond donors (Lipinski definition) is 0. The Balaban J connectivity index is 2.80. The van der Waals surface area contributed by atoms with Gasteiger partial charge in [0.1, 0.15) is 25.4 Å². The van der Waals surface area contributed by atoms with Crippen molar-refractivity contribution in [3.05, 3.63) is 72.9 Å². The van der Waals surface area contributed by atoms with Crippen LogP contribution in [0.3, 0.4) is 0 Å². The summed E-state index contributed by atoms with van der Waals surface area (Å²) in [6, 6.07) is 0. The summed E-state index contributed by atoms with van der Waals surface area (Å²) in [6.07, 6.45) is 38.9. The number of allylic oxidation sites excluding steroid dienone is 12. The van der Waals surface area contributed by atoms with Crippen molar-refractivity contribution in [2.75, 3.05) is 19.8 Å². The van der Waals surface area contributed by atoms with Crippen LogP contribution < -0.4 is 0 Å². The topological polar surface area (TPSA) is 150 Å². The average Bonchev–Trinajstić information content (AvgIpc) is 3.25. The molecule has 0 aliphatic carbocycles. The van der Waals surface area contributed by atoms with E-state index in [9.17, 15) is 24.0 Å². The molecule has 1 aliphatic rings. The van der Waals surface area contributed by atoms with E-state index in [2.05, 4.69) is 86.8 Å². The summed E-state index contributed by atoms with van der Waals surface area (Å²) >= 11 is 0. The van der Waals surface area contributed by atoms with Gasteiger partial charge in [0.25, 0.3) is 0 Å². The Hall–Kier alpha value is -4.29. The highest BCUT2D eigenvalue weighted by Crippen LogP contribution is 2.32. The lowest BCUT2D eigenvalue weighted by Crippen LogP contribution is -2.58. The summed E-state index contributed by atoms with van der Waals surface area (Å²) in [7, 11) is 0. The van der Waals surface area contributed by atoms with Crippen LogP contribution in [-0.2, 0) is 57.1 Å². The molecule has 0 radical (unpaired) electrons. The molecule has 12 heteroatoms. The lowest BCUT2D eigenvalue weighted by Gasteiger charge is -2.44. The number of carbonyl (C=O) groups excluding carboxylic acids is 5. The van der Waals surface area contributed by atoms with Crippen molar-refractivity contribution in [1.29, 1.82) is 0 Å². The molecule has 0 aromatic carbocycles. The van der Waals surface area contributed by atoms with E-state index in [0.717, 1.165) is 64.2 Å². The zero-order valence-corrected chi connectivity index (χ0v) is 40.1. The van der Waals surface area contributed by atoms with Crippen LogP contribution in [0.15, 0.2) is 72.9 Å². The fourth-order valence-corrected chi connectivity index (χ4v) is 6.71. The average molecular weight is 899 g/mol. The number of esters is 5. The predicted molar refractivity (Wildman–Crippen MR) is 251 cm³/mol. The van der Waals surface area contributed by atoms with Gasteiger partial charge in [-0.15, -0.1) is 0 Å². The number of carbonyl (C=O) groups is 5. The van der Waals surface area contributed by atoms with Gasteiger partial charge in [0.05, 0.1) is 6.61 Å². The van der Waals surface area contributed by atoms with Crippen molar-refractivity contribution in [2.45, 2.75) is 201 Å². The van der Waals surface area contributed by atoms with Gasteiger partial charge >= 0.3 is 29.8 Å².